The van der Waals surface area contributed by atoms with Crippen molar-refractivity contribution in [3.63, 3.8) is 0 Å². The molecule has 0 unspecified atom stereocenters. The van der Waals surface area contributed by atoms with Gasteiger partial charge in [0.05, 0.1) is 35.6 Å². The molecule has 6 nitrogen and oxygen atoms in total. The van der Waals surface area contributed by atoms with Crippen molar-refractivity contribution in [2.45, 2.75) is 6.42 Å². The van der Waals surface area contributed by atoms with Gasteiger partial charge in [-0.25, -0.2) is 4.79 Å². The normalized spacial score (nSPS) is 10.1. The number of ether oxygens (including phenoxy) is 2. The van der Waals surface area contributed by atoms with Crippen LogP contribution in [0.15, 0.2) is 60.7 Å². The molecule has 0 heterocycles. The summed E-state index contributed by atoms with van der Waals surface area (Å²) in [5.41, 5.74) is 1.24. The molecular weight excluding hydrogens is 448 g/mol. The van der Waals surface area contributed by atoms with Crippen LogP contribution in [0.4, 0.5) is 5.69 Å². The fourth-order valence-corrected chi connectivity index (χ4v) is 3.37. The Bertz CT molecular complexity index is 1130. The van der Waals surface area contributed by atoms with Gasteiger partial charge in [-0.1, -0.05) is 35.3 Å². The summed E-state index contributed by atoms with van der Waals surface area (Å²) in [6.45, 7) is 0.346. The Kier molecular flexibility index (Phi) is 9.49. The van der Waals surface area contributed by atoms with Crippen LogP contribution in [0.2, 0.25) is 10.0 Å². The zero-order valence-electron chi connectivity index (χ0n) is 18.5. The molecule has 0 saturated carbocycles. The monoisotopic (exact) mass is 467 g/mol. The van der Waals surface area contributed by atoms with Crippen molar-refractivity contribution >= 4 is 40.8 Å². The number of amides is 1. The Morgan fingerprint density at radius 3 is 2.47 bits per heavy atom. The van der Waals surface area contributed by atoms with Crippen molar-refractivity contribution < 1.29 is 44.5 Å². The summed E-state index contributed by atoms with van der Waals surface area (Å²) in [4.78, 5) is 24.2. The van der Waals surface area contributed by atoms with Crippen LogP contribution in [-0.2, 0) is 6.42 Å². The summed E-state index contributed by atoms with van der Waals surface area (Å²) in [7, 11) is 1.60. The molecule has 0 radical (unpaired) electrons. The van der Waals surface area contributed by atoms with Crippen LogP contribution < -0.4 is 33.7 Å². The van der Waals surface area contributed by atoms with Crippen molar-refractivity contribution in [2.75, 3.05) is 19.0 Å². The first-order valence-corrected chi connectivity index (χ1v) is 10.0. The number of carbonyl (C=O) groups excluding carboxylic acids is 1. The van der Waals surface area contributed by atoms with E-state index in [0.29, 0.717) is 23.8 Å². The number of benzene rings is 3. The zero-order valence-corrected chi connectivity index (χ0v) is 19.0. The largest absolute Gasteiger partial charge is 1.00 e. The van der Waals surface area contributed by atoms with E-state index in [2.05, 4.69) is 5.32 Å². The number of carboxylic acid groups (broad SMARTS) is 1. The standard InChI is InChI=1S/C23H19Cl2NO5.Li.H/c1-30-16-4-2-3-14(11-16)9-10-31-17-6-8-21(19(13-17)23(28)29)26-22(27)18-7-5-15(24)12-20(18)25;;/h2-8,11-13H,9-10H2,1H3,(H,26,27)(H,28,29);;/q;+1;-1. The summed E-state index contributed by atoms with van der Waals surface area (Å²) >= 11 is 11.9. The first kappa shape index (κ1) is 25.6. The predicted molar refractivity (Wildman–Crippen MR) is 121 cm³/mol. The third-order valence-electron chi connectivity index (χ3n) is 4.44. The van der Waals surface area contributed by atoms with E-state index in [9.17, 15) is 14.7 Å². The van der Waals surface area contributed by atoms with E-state index in [1.807, 2.05) is 24.3 Å². The fourth-order valence-electron chi connectivity index (χ4n) is 2.88. The molecule has 3 aromatic rings. The van der Waals surface area contributed by atoms with E-state index in [-0.39, 0.29) is 42.1 Å². The molecule has 0 aromatic heterocycles. The number of hydrogen-bond acceptors (Lipinski definition) is 4. The number of anilines is 1. The second-order valence-corrected chi connectivity index (χ2v) is 7.38. The van der Waals surface area contributed by atoms with E-state index in [0.717, 1.165) is 11.3 Å². The maximum atomic E-state index is 12.5. The van der Waals surface area contributed by atoms with Gasteiger partial charge in [0.15, 0.2) is 0 Å². The average molecular weight is 468 g/mol. The van der Waals surface area contributed by atoms with Crippen LogP contribution in [0, 0.1) is 0 Å². The number of methoxy groups -OCH3 is 1. The minimum Gasteiger partial charge on any atom is -1.00 e. The number of aromatic carboxylic acids is 1. The molecule has 3 aromatic carbocycles. The van der Waals surface area contributed by atoms with Crippen molar-refractivity contribution in [3.05, 3.63) is 87.4 Å². The third-order valence-corrected chi connectivity index (χ3v) is 4.99. The Labute approximate surface area is 209 Å². The summed E-state index contributed by atoms with van der Waals surface area (Å²) in [6, 6.07) is 16.5. The third kappa shape index (κ3) is 6.69. The van der Waals surface area contributed by atoms with Crippen LogP contribution in [0.5, 0.6) is 11.5 Å². The van der Waals surface area contributed by atoms with Gasteiger partial charge in [-0.05, 0) is 54.1 Å². The van der Waals surface area contributed by atoms with Gasteiger partial charge in [0.25, 0.3) is 5.91 Å². The van der Waals surface area contributed by atoms with Crippen molar-refractivity contribution in [3.8, 4) is 11.5 Å². The van der Waals surface area contributed by atoms with Gasteiger partial charge >= 0.3 is 24.8 Å². The van der Waals surface area contributed by atoms with Gasteiger partial charge in [0.1, 0.15) is 11.5 Å². The Morgan fingerprint density at radius 2 is 1.78 bits per heavy atom. The molecule has 9 heteroatoms. The summed E-state index contributed by atoms with van der Waals surface area (Å²) < 4.78 is 10.9. The number of hydrogen-bond donors (Lipinski definition) is 2. The predicted octanol–water partition coefficient (Wildman–Crippen LogP) is 2.69. The molecule has 162 valence electrons. The molecule has 0 fully saturated rings. The van der Waals surface area contributed by atoms with Crippen LogP contribution in [0.1, 0.15) is 27.7 Å². The van der Waals surface area contributed by atoms with Gasteiger partial charge in [-0.15, -0.1) is 0 Å². The molecule has 0 saturated heterocycles. The van der Waals surface area contributed by atoms with Crippen LogP contribution >= 0.6 is 23.2 Å². The van der Waals surface area contributed by atoms with E-state index in [1.54, 1.807) is 13.2 Å². The Balaban J connectivity index is 0.00000272. The Morgan fingerprint density at radius 1 is 1.00 bits per heavy atom. The second kappa shape index (κ2) is 11.8. The summed E-state index contributed by atoms with van der Waals surface area (Å²) in [6.07, 6.45) is 0.618. The minimum atomic E-state index is -1.20. The number of carboxylic acids is 1. The summed E-state index contributed by atoms with van der Waals surface area (Å²) in [5, 5.41) is 12.7. The molecule has 3 rings (SSSR count). The number of halogens is 2. The van der Waals surface area contributed by atoms with Gasteiger partial charge in [-0.3, -0.25) is 4.79 Å². The maximum absolute atomic E-state index is 12.5. The first-order valence-electron chi connectivity index (χ1n) is 9.27. The number of rotatable bonds is 8. The molecule has 2 N–H and O–H groups in total. The van der Waals surface area contributed by atoms with E-state index in [1.165, 1.54) is 30.3 Å². The zero-order chi connectivity index (χ0) is 22.4. The Hall–Kier alpha value is -2.62. The van der Waals surface area contributed by atoms with Gasteiger partial charge in [0.2, 0.25) is 0 Å². The van der Waals surface area contributed by atoms with Gasteiger partial charge < -0.3 is 21.3 Å². The topological polar surface area (TPSA) is 84.9 Å². The molecule has 0 spiro atoms. The smallest absolute Gasteiger partial charge is 1.00 e. The second-order valence-electron chi connectivity index (χ2n) is 6.54. The van der Waals surface area contributed by atoms with Crippen molar-refractivity contribution in [1.29, 1.82) is 0 Å². The summed E-state index contributed by atoms with van der Waals surface area (Å²) in [5.74, 6) is -0.610. The van der Waals surface area contributed by atoms with E-state index < -0.39 is 11.9 Å². The number of nitrogens with one attached hydrogen (secondary N) is 1. The first-order chi connectivity index (χ1) is 14.9. The maximum Gasteiger partial charge on any atom is 1.00 e. The van der Waals surface area contributed by atoms with Crippen LogP contribution in [-0.4, -0.2) is 30.7 Å². The molecule has 0 atom stereocenters. The molecular formula is C23H20Cl2LiNO5. The molecule has 1 amide bonds. The van der Waals surface area contributed by atoms with E-state index in [4.69, 9.17) is 32.7 Å². The number of carbonyl (C=O) groups is 2. The molecule has 0 aliphatic heterocycles. The molecule has 0 aliphatic rings. The quantitative estimate of drug-likeness (QED) is 0.497. The average Bonchev–Trinajstić information content (AvgIpc) is 2.74. The molecule has 0 aliphatic carbocycles. The minimum absolute atomic E-state index is 0. The molecule has 0 bridgehead atoms. The van der Waals surface area contributed by atoms with Crippen molar-refractivity contribution in [1.82, 2.24) is 0 Å². The van der Waals surface area contributed by atoms with Gasteiger partial charge in [-0.2, -0.15) is 0 Å². The SMILES string of the molecule is COc1cccc(CCOc2ccc(NC(=O)c3ccc(Cl)cc3Cl)c(C(=O)O)c2)c1.[H-].[Li+]. The van der Waals surface area contributed by atoms with Crippen LogP contribution in [0.25, 0.3) is 0 Å². The van der Waals surface area contributed by atoms with Crippen LogP contribution in [0.3, 0.4) is 0 Å². The van der Waals surface area contributed by atoms with Gasteiger partial charge in [0, 0.05) is 11.4 Å². The van der Waals surface area contributed by atoms with E-state index >= 15 is 0 Å². The molecule has 32 heavy (non-hydrogen) atoms. The fraction of sp³-hybridized carbons (Fsp3) is 0.130. The van der Waals surface area contributed by atoms with Crippen molar-refractivity contribution in [2.24, 2.45) is 0 Å².